The molecule has 2 rings (SSSR count). The third-order valence-corrected chi connectivity index (χ3v) is 3.96. The molecule has 1 aliphatic rings. The molecular weight excluding hydrogens is 274 g/mol. The average Bonchev–Trinajstić information content (AvgIpc) is 2.94. The minimum absolute atomic E-state index is 0.0247. The summed E-state index contributed by atoms with van der Waals surface area (Å²) >= 11 is 0. The summed E-state index contributed by atoms with van der Waals surface area (Å²) in [6.07, 6.45) is 8.18. The normalized spacial score (nSPS) is 17.4. The molecule has 1 saturated carbocycles. The first kappa shape index (κ1) is 15.4. The Morgan fingerprint density at radius 3 is 2.81 bits per heavy atom. The standard InChI is InChI=1S/C13H21N5O3/c14-6-12(10-4-2-1-3-5-10)16-13(19)9-17-8-11(7-15-17)18(20)21/h7-8,10,12H,1-6,9,14H2,(H,16,19). The Kier molecular flexibility index (Phi) is 5.26. The van der Waals surface area contributed by atoms with Gasteiger partial charge in [0.1, 0.15) is 18.9 Å². The fraction of sp³-hybridized carbons (Fsp3) is 0.692. The monoisotopic (exact) mass is 295 g/mol. The molecule has 1 heterocycles. The Bertz CT molecular complexity index is 496. The summed E-state index contributed by atoms with van der Waals surface area (Å²) < 4.78 is 1.27. The predicted octanol–water partition coefficient (Wildman–Crippen LogP) is 0.815. The second-order valence-electron chi connectivity index (χ2n) is 5.46. The van der Waals surface area contributed by atoms with Crippen LogP contribution in [0.3, 0.4) is 0 Å². The van der Waals surface area contributed by atoms with Crippen LogP contribution in [0.1, 0.15) is 32.1 Å². The first-order valence-corrected chi connectivity index (χ1v) is 7.26. The number of carbonyl (C=O) groups excluding carboxylic acids is 1. The molecule has 1 aliphatic carbocycles. The average molecular weight is 295 g/mol. The number of nitrogens with one attached hydrogen (secondary N) is 1. The molecule has 1 amide bonds. The summed E-state index contributed by atoms with van der Waals surface area (Å²) in [5.41, 5.74) is 5.64. The van der Waals surface area contributed by atoms with E-state index < -0.39 is 4.92 Å². The largest absolute Gasteiger partial charge is 0.350 e. The molecule has 8 heteroatoms. The van der Waals surface area contributed by atoms with Gasteiger partial charge >= 0.3 is 5.69 Å². The Morgan fingerprint density at radius 2 is 2.24 bits per heavy atom. The zero-order valence-corrected chi connectivity index (χ0v) is 11.9. The highest BCUT2D eigenvalue weighted by Crippen LogP contribution is 2.26. The molecular formula is C13H21N5O3. The van der Waals surface area contributed by atoms with Crippen LogP contribution in [0.25, 0.3) is 0 Å². The third kappa shape index (κ3) is 4.25. The van der Waals surface area contributed by atoms with E-state index in [-0.39, 0.29) is 24.2 Å². The number of hydrogen-bond donors (Lipinski definition) is 2. The van der Waals surface area contributed by atoms with Crippen LogP contribution >= 0.6 is 0 Å². The number of hydrogen-bond acceptors (Lipinski definition) is 5. The smallest absolute Gasteiger partial charge is 0.307 e. The van der Waals surface area contributed by atoms with E-state index >= 15 is 0 Å². The molecule has 0 spiro atoms. The molecule has 1 aromatic heterocycles. The number of aromatic nitrogens is 2. The van der Waals surface area contributed by atoms with Crippen LogP contribution in [0.15, 0.2) is 12.4 Å². The van der Waals surface area contributed by atoms with Crippen molar-refractivity contribution in [1.82, 2.24) is 15.1 Å². The highest BCUT2D eigenvalue weighted by Gasteiger charge is 2.24. The maximum absolute atomic E-state index is 12.0. The molecule has 0 bridgehead atoms. The molecule has 1 aromatic rings. The molecule has 1 atom stereocenters. The van der Waals surface area contributed by atoms with Gasteiger partial charge in [-0.3, -0.25) is 19.6 Å². The minimum Gasteiger partial charge on any atom is -0.350 e. The molecule has 0 aliphatic heterocycles. The lowest BCUT2D eigenvalue weighted by Crippen LogP contribution is -2.47. The van der Waals surface area contributed by atoms with Crippen molar-refractivity contribution in [3.63, 3.8) is 0 Å². The molecule has 116 valence electrons. The van der Waals surface area contributed by atoms with Crippen LogP contribution in [0, 0.1) is 16.0 Å². The number of nitrogens with two attached hydrogens (primary N) is 1. The summed E-state index contributed by atoms with van der Waals surface area (Å²) in [6, 6.07) is -0.0247. The highest BCUT2D eigenvalue weighted by molar-refractivity contribution is 5.76. The van der Waals surface area contributed by atoms with Gasteiger partial charge in [-0.05, 0) is 18.8 Å². The molecule has 3 N–H and O–H groups in total. The van der Waals surface area contributed by atoms with E-state index in [0.29, 0.717) is 12.5 Å². The van der Waals surface area contributed by atoms with E-state index in [0.717, 1.165) is 19.0 Å². The Balaban J connectivity index is 1.88. The zero-order chi connectivity index (χ0) is 15.2. The van der Waals surface area contributed by atoms with Crippen LogP contribution in [0.4, 0.5) is 5.69 Å². The summed E-state index contributed by atoms with van der Waals surface area (Å²) in [5.74, 6) is 0.216. The first-order chi connectivity index (χ1) is 10.1. The Labute approximate surface area is 122 Å². The van der Waals surface area contributed by atoms with Gasteiger partial charge in [-0.25, -0.2) is 0 Å². The fourth-order valence-corrected chi connectivity index (χ4v) is 2.84. The lowest BCUT2D eigenvalue weighted by Gasteiger charge is -2.30. The van der Waals surface area contributed by atoms with E-state index in [1.54, 1.807) is 0 Å². The van der Waals surface area contributed by atoms with E-state index in [1.807, 2.05) is 0 Å². The number of amides is 1. The summed E-state index contributed by atoms with van der Waals surface area (Å²) in [7, 11) is 0. The molecule has 8 nitrogen and oxygen atoms in total. The molecule has 1 fully saturated rings. The Morgan fingerprint density at radius 1 is 1.52 bits per heavy atom. The van der Waals surface area contributed by atoms with Crippen molar-refractivity contribution >= 4 is 11.6 Å². The van der Waals surface area contributed by atoms with Crippen molar-refractivity contribution in [3.05, 3.63) is 22.5 Å². The van der Waals surface area contributed by atoms with E-state index in [4.69, 9.17) is 5.73 Å². The van der Waals surface area contributed by atoms with Gasteiger partial charge in [0.25, 0.3) is 0 Å². The van der Waals surface area contributed by atoms with Crippen LogP contribution in [0.5, 0.6) is 0 Å². The second-order valence-corrected chi connectivity index (χ2v) is 5.46. The van der Waals surface area contributed by atoms with Crippen molar-refractivity contribution < 1.29 is 9.72 Å². The second kappa shape index (κ2) is 7.16. The lowest BCUT2D eigenvalue weighted by molar-refractivity contribution is -0.385. The molecule has 21 heavy (non-hydrogen) atoms. The van der Waals surface area contributed by atoms with Gasteiger partial charge in [-0.2, -0.15) is 5.10 Å². The van der Waals surface area contributed by atoms with Gasteiger partial charge in [0.2, 0.25) is 5.91 Å². The molecule has 1 unspecified atom stereocenters. The third-order valence-electron chi connectivity index (χ3n) is 3.96. The van der Waals surface area contributed by atoms with E-state index in [2.05, 4.69) is 10.4 Å². The SMILES string of the molecule is NCC(NC(=O)Cn1cc([N+](=O)[O-])cn1)C1CCCCC1. The number of nitrogens with zero attached hydrogens (tertiary/aromatic N) is 3. The van der Waals surface area contributed by atoms with Gasteiger partial charge in [0, 0.05) is 12.6 Å². The summed E-state index contributed by atoms with van der Waals surface area (Å²) in [4.78, 5) is 22.0. The summed E-state index contributed by atoms with van der Waals surface area (Å²) in [5, 5.41) is 17.3. The van der Waals surface area contributed by atoms with Crippen molar-refractivity contribution in [2.45, 2.75) is 44.7 Å². The van der Waals surface area contributed by atoms with Crippen LogP contribution in [-0.2, 0) is 11.3 Å². The van der Waals surface area contributed by atoms with Crippen molar-refractivity contribution in [2.75, 3.05) is 6.54 Å². The van der Waals surface area contributed by atoms with Crippen molar-refractivity contribution in [3.8, 4) is 0 Å². The van der Waals surface area contributed by atoms with Gasteiger partial charge < -0.3 is 11.1 Å². The van der Waals surface area contributed by atoms with Crippen LogP contribution < -0.4 is 11.1 Å². The molecule has 0 aromatic carbocycles. The number of rotatable bonds is 6. The van der Waals surface area contributed by atoms with Crippen molar-refractivity contribution in [2.24, 2.45) is 11.7 Å². The van der Waals surface area contributed by atoms with Gasteiger partial charge in [-0.1, -0.05) is 19.3 Å². The maximum Gasteiger partial charge on any atom is 0.307 e. The van der Waals surface area contributed by atoms with E-state index in [9.17, 15) is 14.9 Å². The Hall–Kier alpha value is -1.96. The van der Waals surface area contributed by atoms with Gasteiger partial charge in [0.05, 0.1) is 4.92 Å². The van der Waals surface area contributed by atoms with Gasteiger partial charge in [-0.15, -0.1) is 0 Å². The van der Waals surface area contributed by atoms with E-state index in [1.165, 1.54) is 30.1 Å². The topological polar surface area (TPSA) is 116 Å². The first-order valence-electron chi connectivity index (χ1n) is 7.26. The highest BCUT2D eigenvalue weighted by atomic mass is 16.6. The quantitative estimate of drug-likeness (QED) is 0.595. The number of carbonyl (C=O) groups is 1. The van der Waals surface area contributed by atoms with Crippen LogP contribution in [-0.4, -0.2) is 33.2 Å². The molecule has 0 radical (unpaired) electrons. The molecule has 0 saturated heterocycles. The van der Waals surface area contributed by atoms with Crippen LogP contribution in [0.2, 0.25) is 0 Å². The maximum atomic E-state index is 12.0. The van der Waals surface area contributed by atoms with Crippen molar-refractivity contribution in [1.29, 1.82) is 0 Å². The summed E-state index contributed by atoms with van der Waals surface area (Å²) in [6.45, 7) is 0.382. The fourth-order valence-electron chi connectivity index (χ4n) is 2.84. The zero-order valence-electron chi connectivity index (χ0n) is 11.9. The lowest BCUT2D eigenvalue weighted by atomic mass is 9.84. The minimum atomic E-state index is -0.536. The predicted molar refractivity (Wildman–Crippen MR) is 76.4 cm³/mol. The van der Waals surface area contributed by atoms with Gasteiger partial charge in [0.15, 0.2) is 0 Å². The number of nitro groups is 1.